The Kier molecular flexibility index (Phi) is 4.03. The van der Waals surface area contributed by atoms with Crippen molar-refractivity contribution in [2.75, 3.05) is 0 Å². The highest BCUT2D eigenvalue weighted by Gasteiger charge is 2.04. The van der Waals surface area contributed by atoms with Crippen LogP contribution in [0.2, 0.25) is 0 Å². The Morgan fingerprint density at radius 1 is 1.60 bits per heavy atom. The van der Waals surface area contributed by atoms with Crippen molar-refractivity contribution in [2.24, 2.45) is 0 Å². The predicted octanol–water partition coefficient (Wildman–Crippen LogP) is -0.287. The van der Waals surface area contributed by atoms with Gasteiger partial charge in [-0.05, 0) is 13.3 Å². The highest BCUT2D eigenvalue weighted by molar-refractivity contribution is 6.31. The molecular formula is C6H8ClO3-. The minimum atomic E-state index is -1.63. The molecule has 0 aromatic carbocycles. The van der Waals surface area contributed by atoms with Crippen LogP contribution in [0.1, 0.15) is 19.8 Å². The molecule has 10 heavy (non-hydrogen) atoms. The van der Waals surface area contributed by atoms with Crippen molar-refractivity contribution in [1.82, 2.24) is 0 Å². The standard InChI is InChI=1S/C6H9ClO3/c1-4(7)2-3-5(8)6(9)10/h4H,2-3H2,1H3,(H,9,10)/p-1. The normalized spacial score (nSPS) is 12.6. The van der Waals surface area contributed by atoms with Gasteiger partial charge in [-0.3, -0.25) is 4.79 Å². The summed E-state index contributed by atoms with van der Waals surface area (Å²) in [5.41, 5.74) is 0. The molecule has 0 saturated heterocycles. The summed E-state index contributed by atoms with van der Waals surface area (Å²) in [4.78, 5) is 20.1. The molecule has 0 aromatic heterocycles. The van der Waals surface area contributed by atoms with Crippen molar-refractivity contribution in [3.63, 3.8) is 0 Å². The number of hydrogen-bond acceptors (Lipinski definition) is 3. The van der Waals surface area contributed by atoms with Crippen LogP contribution in [0.3, 0.4) is 0 Å². The number of Topliss-reactive ketones (excluding diaryl/α,β-unsaturated/α-hetero) is 1. The van der Waals surface area contributed by atoms with Gasteiger partial charge in [-0.1, -0.05) is 0 Å². The molecule has 0 aliphatic heterocycles. The molecule has 0 heterocycles. The van der Waals surface area contributed by atoms with Crippen LogP contribution in [0.5, 0.6) is 0 Å². The minimum Gasteiger partial charge on any atom is -0.542 e. The van der Waals surface area contributed by atoms with Gasteiger partial charge >= 0.3 is 0 Å². The summed E-state index contributed by atoms with van der Waals surface area (Å²) in [6, 6.07) is 0. The SMILES string of the molecule is CC(Cl)CCC(=O)C(=O)[O-]. The molecule has 0 amide bonds. The highest BCUT2D eigenvalue weighted by Crippen LogP contribution is 2.03. The number of rotatable bonds is 4. The van der Waals surface area contributed by atoms with Gasteiger partial charge in [-0.2, -0.15) is 0 Å². The van der Waals surface area contributed by atoms with Gasteiger partial charge in [0.1, 0.15) is 5.97 Å². The molecule has 0 rings (SSSR count). The number of hydrogen-bond donors (Lipinski definition) is 0. The first-order valence-electron chi connectivity index (χ1n) is 2.92. The van der Waals surface area contributed by atoms with Crippen molar-refractivity contribution in [3.8, 4) is 0 Å². The maximum Gasteiger partial charge on any atom is 0.178 e. The Morgan fingerprint density at radius 2 is 2.10 bits per heavy atom. The monoisotopic (exact) mass is 163 g/mol. The van der Waals surface area contributed by atoms with Gasteiger partial charge in [-0.25, -0.2) is 0 Å². The zero-order valence-corrected chi connectivity index (χ0v) is 6.35. The Morgan fingerprint density at radius 3 is 2.40 bits per heavy atom. The summed E-state index contributed by atoms with van der Waals surface area (Å²) in [6.07, 6.45) is 0.349. The summed E-state index contributed by atoms with van der Waals surface area (Å²) in [5.74, 6) is -2.51. The van der Waals surface area contributed by atoms with Gasteiger partial charge in [0.25, 0.3) is 0 Å². The number of alkyl halides is 1. The van der Waals surface area contributed by atoms with Crippen LogP contribution >= 0.6 is 11.6 Å². The van der Waals surface area contributed by atoms with Crippen LogP contribution in [-0.4, -0.2) is 17.1 Å². The van der Waals surface area contributed by atoms with Crippen LogP contribution in [0, 0.1) is 0 Å². The topological polar surface area (TPSA) is 57.2 Å². The molecule has 0 radical (unpaired) electrons. The third-order valence-corrected chi connectivity index (χ3v) is 1.22. The molecule has 3 nitrogen and oxygen atoms in total. The molecule has 0 aromatic rings. The first-order chi connectivity index (χ1) is 4.54. The zero-order valence-electron chi connectivity index (χ0n) is 5.59. The average molecular weight is 164 g/mol. The summed E-state index contributed by atoms with van der Waals surface area (Å²) >= 11 is 5.46. The quantitative estimate of drug-likeness (QED) is 0.423. The van der Waals surface area contributed by atoms with Gasteiger partial charge in [-0.15, -0.1) is 11.6 Å². The third kappa shape index (κ3) is 4.32. The smallest absolute Gasteiger partial charge is 0.178 e. The summed E-state index contributed by atoms with van der Waals surface area (Å²) in [6.45, 7) is 1.70. The number of halogens is 1. The molecule has 1 unspecified atom stereocenters. The molecule has 0 bridgehead atoms. The molecule has 0 saturated carbocycles. The molecule has 0 aliphatic carbocycles. The molecule has 0 fully saturated rings. The Bertz CT molecular complexity index is 142. The van der Waals surface area contributed by atoms with E-state index in [0.29, 0.717) is 6.42 Å². The fourth-order valence-electron chi connectivity index (χ4n) is 0.432. The van der Waals surface area contributed by atoms with E-state index in [9.17, 15) is 14.7 Å². The highest BCUT2D eigenvalue weighted by atomic mass is 35.5. The van der Waals surface area contributed by atoms with E-state index in [4.69, 9.17) is 11.6 Å². The van der Waals surface area contributed by atoms with Crippen molar-refractivity contribution >= 4 is 23.4 Å². The van der Waals surface area contributed by atoms with Gasteiger partial charge in [0.15, 0.2) is 5.78 Å². The lowest BCUT2D eigenvalue weighted by Gasteiger charge is -2.01. The largest absolute Gasteiger partial charge is 0.542 e. The van der Waals surface area contributed by atoms with Crippen LogP contribution in [-0.2, 0) is 9.59 Å². The van der Waals surface area contributed by atoms with Crippen molar-refractivity contribution in [2.45, 2.75) is 25.1 Å². The molecule has 0 spiro atoms. The van der Waals surface area contributed by atoms with E-state index in [-0.39, 0.29) is 11.8 Å². The van der Waals surface area contributed by atoms with Crippen molar-refractivity contribution in [3.05, 3.63) is 0 Å². The lowest BCUT2D eigenvalue weighted by Crippen LogP contribution is -2.31. The maximum absolute atomic E-state index is 10.3. The first-order valence-corrected chi connectivity index (χ1v) is 3.36. The molecule has 0 aliphatic rings. The van der Waals surface area contributed by atoms with E-state index >= 15 is 0 Å². The number of aliphatic carboxylic acids is 1. The van der Waals surface area contributed by atoms with E-state index in [2.05, 4.69) is 0 Å². The number of carbonyl (C=O) groups excluding carboxylic acids is 2. The van der Waals surface area contributed by atoms with Gasteiger partial charge in [0.05, 0.1) is 0 Å². The first kappa shape index (κ1) is 9.43. The second-order valence-electron chi connectivity index (χ2n) is 2.03. The summed E-state index contributed by atoms with van der Waals surface area (Å²) < 4.78 is 0. The molecular weight excluding hydrogens is 156 g/mol. The lowest BCUT2D eigenvalue weighted by atomic mass is 10.2. The van der Waals surface area contributed by atoms with E-state index in [1.807, 2.05) is 0 Å². The average Bonchev–Trinajstić information content (AvgIpc) is 1.82. The van der Waals surface area contributed by atoms with E-state index in [0.717, 1.165) is 0 Å². The molecule has 1 atom stereocenters. The Balaban J connectivity index is 3.50. The number of ketones is 1. The number of carboxylic acids is 1. The summed E-state index contributed by atoms with van der Waals surface area (Å²) in [7, 11) is 0. The van der Waals surface area contributed by atoms with Gasteiger partial charge in [0, 0.05) is 11.8 Å². The van der Waals surface area contributed by atoms with Crippen LogP contribution in [0.25, 0.3) is 0 Å². The summed E-state index contributed by atoms with van der Waals surface area (Å²) in [5, 5.41) is 9.64. The van der Waals surface area contributed by atoms with Gasteiger partial charge < -0.3 is 9.90 Å². The zero-order chi connectivity index (χ0) is 8.15. The molecule has 58 valence electrons. The third-order valence-electron chi connectivity index (χ3n) is 0.997. The second kappa shape index (κ2) is 4.28. The van der Waals surface area contributed by atoms with Crippen molar-refractivity contribution in [1.29, 1.82) is 0 Å². The molecule has 0 N–H and O–H groups in total. The minimum absolute atomic E-state index is 0.0347. The van der Waals surface area contributed by atoms with Crippen molar-refractivity contribution < 1.29 is 14.7 Å². The van der Waals surface area contributed by atoms with Crippen LogP contribution in [0.4, 0.5) is 0 Å². The van der Waals surface area contributed by atoms with Crippen LogP contribution < -0.4 is 5.11 Å². The fourth-order valence-corrected chi connectivity index (χ4v) is 0.541. The second-order valence-corrected chi connectivity index (χ2v) is 2.78. The van der Waals surface area contributed by atoms with E-state index in [1.165, 1.54) is 0 Å². The number of carboxylic acid groups (broad SMARTS) is 1. The Hall–Kier alpha value is -0.570. The van der Waals surface area contributed by atoms with E-state index in [1.54, 1.807) is 6.92 Å². The lowest BCUT2D eigenvalue weighted by molar-refractivity contribution is -0.300. The maximum atomic E-state index is 10.3. The van der Waals surface area contributed by atoms with Crippen LogP contribution in [0.15, 0.2) is 0 Å². The number of carbonyl (C=O) groups is 2. The van der Waals surface area contributed by atoms with Gasteiger partial charge in [0.2, 0.25) is 0 Å². The Labute approximate surface area is 64.0 Å². The fraction of sp³-hybridized carbons (Fsp3) is 0.667. The predicted molar refractivity (Wildman–Crippen MR) is 34.6 cm³/mol. The molecule has 4 heteroatoms. The van der Waals surface area contributed by atoms with E-state index < -0.39 is 11.8 Å².